The van der Waals surface area contributed by atoms with E-state index in [1.54, 1.807) is 47.6 Å². The lowest BCUT2D eigenvalue weighted by Crippen LogP contribution is -2.48. The number of urea groups is 1. The van der Waals surface area contributed by atoms with Gasteiger partial charge >= 0.3 is 16.2 Å². The van der Waals surface area contributed by atoms with Crippen LogP contribution in [0.1, 0.15) is 24.8 Å². The van der Waals surface area contributed by atoms with E-state index in [-0.39, 0.29) is 24.5 Å². The number of ether oxygens (including phenoxy) is 1. The van der Waals surface area contributed by atoms with Crippen molar-refractivity contribution in [2.75, 3.05) is 23.2 Å². The maximum absolute atomic E-state index is 12.8. The molecule has 2 amide bonds. The molecule has 0 spiro atoms. The number of benzene rings is 1. The summed E-state index contributed by atoms with van der Waals surface area (Å²) in [4.78, 5) is 18.5. The molecule has 1 saturated heterocycles. The number of pyridine rings is 1. The number of nitrogens with two attached hydrogens (primary N) is 1. The maximum atomic E-state index is 12.8. The lowest BCUT2D eigenvalue weighted by atomic mass is 10.0. The molecule has 4 rings (SSSR count). The lowest BCUT2D eigenvalue weighted by Gasteiger charge is -2.35. The van der Waals surface area contributed by atoms with Gasteiger partial charge in [-0.1, -0.05) is 6.07 Å². The van der Waals surface area contributed by atoms with Crippen LogP contribution in [0.15, 0.2) is 47.1 Å². The van der Waals surface area contributed by atoms with Crippen LogP contribution in [0.5, 0.6) is 5.75 Å². The molecule has 0 bridgehead atoms. The molecule has 1 aromatic heterocycles. The Hall–Kier alpha value is -3.34. The van der Waals surface area contributed by atoms with Crippen molar-refractivity contribution in [2.45, 2.75) is 25.3 Å². The molecule has 2 aromatic rings. The summed E-state index contributed by atoms with van der Waals surface area (Å²) in [7, 11) is -3.86. The van der Waals surface area contributed by atoms with Gasteiger partial charge in [-0.3, -0.25) is 9.71 Å². The molecule has 1 aromatic carbocycles. The first-order valence-corrected chi connectivity index (χ1v) is 11.0. The van der Waals surface area contributed by atoms with E-state index < -0.39 is 10.2 Å². The summed E-state index contributed by atoms with van der Waals surface area (Å²) < 4.78 is 35.3. The molecular formula is C19H22N6O4S. The zero-order valence-electron chi connectivity index (χ0n) is 16.1. The average Bonchev–Trinajstić information content (AvgIpc) is 2.72. The van der Waals surface area contributed by atoms with E-state index >= 15 is 0 Å². The Morgan fingerprint density at radius 2 is 2.07 bits per heavy atom. The second-order valence-electron chi connectivity index (χ2n) is 7.05. The van der Waals surface area contributed by atoms with Gasteiger partial charge in [-0.2, -0.15) is 8.42 Å². The number of hydrogen-bond acceptors (Lipinski definition) is 6. The van der Waals surface area contributed by atoms with Crippen molar-refractivity contribution >= 4 is 33.5 Å². The minimum atomic E-state index is -3.86. The third-order valence-electron chi connectivity index (χ3n) is 4.99. The number of nitrogens with zero attached hydrogens (tertiary/aromatic N) is 3. The standard InChI is InChI=1S/C19H22N6O4S/c20-18-17-15(23-30(27,28)24-18)5-3-6-16(17)29-12-14-4-1-2-11-25(14)19(26)22-13-7-9-21-10-8-13/h3,5-10,14,23H,1-2,4,11-12H2,(H2,20,24)(H,21,22,26)/t14-/m1/s1. The molecule has 1 fully saturated rings. The first-order valence-electron chi connectivity index (χ1n) is 9.55. The SMILES string of the molecule is NC1=NS(=O)(=O)Nc2cccc(OC[C@H]3CCCCN3C(=O)Nc3ccncc3)c21. The number of likely N-dealkylation sites (tertiary alicyclic amines) is 1. The molecule has 10 nitrogen and oxygen atoms in total. The van der Waals surface area contributed by atoms with E-state index in [0.717, 1.165) is 19.3 Å². The molecule has 2 aliphatic heterocycles. The predicted molar refractivity (Wildman–Crippen MR) is 113 cm³/mol. The van der Waals surface area contributed by atoms with Crippen molar-refractivity contribution in [1.29, 1.82) is 0 Å². The van der Waals surface area contributed by atoms with E-state index in [0.29, 0.717) is 29.2 Å². The van der Waals surface area contributed by atoms with Crippen molar-refractivity contribution < 1.29 is 17.9 Å². The van der Waals surface area contributed by atoms with Crippen LogP contribution >= 0.6 is 0 Å². The van der Waals surface area contributed by atoms with Crippen molar-refractivity contribution in [3.05, 3.63) is 48.3 Å². The molecule has 158 valence electrons. The zero-order valence-corrected chi connectivity index (χ0v) is 16.9. The van der Waals surface area contributed by atoms with Gasteiger partial charge in [0.25, 0.3) is 0 Å². The highest BCUT2D eigenvalue weighted by Gasteiger charge is 2.29. The summed E-state index contributed by atoms with van der Waals surface area (Å²) in [5, 5.41) is 2.88. The number of anilines is 2. The normalized spacial score (nSPS) is 19.8. The predicted octanol–water partition coefficient (Wildman–Crippen LogP) is 1.92. The summed E-state index contributed by atoms with van der Waals surface area (Å²) >= 11 is 0. The zero-order chi connectivity index (χ0) is 21.1. The molecule has 1 atom stereocenters. The first-order chi connectivity index (χ1) is 14.4. The van der Waals surface area contributed by atoms with Crippen LogP contribution in [-0.4, -0.2) is 49.4 Å². The number of rotatable bonds is 4. The van der Waals surface area contributed by atoms with Gasteiger partial charge in [0, 0.05) is 24.6 Å². The third-order valence-corrected chi connectivity index (χ3v) is 5.91. The Kier molecular flexibility index (Phi) is 5.44. The van der Waals surface area contributed by atoms with Gasteiger partial charge in [-0.15, -0.1) is 4.40 Å². The van der Waals surface area contributed by atoms with Crippen LogP contribution in [0, 0.1) is 0 Å². The largest absolute Gasteiger partial charge is 0.491 e. The topological polar surface area (TPSA) is 139 Å². The minimum Gasteiger partial charge on any atom is -0.491 e. The van der Waals surface area contributed by atoms with Gasteiger partial charge in [-0.05, 0) is 43.5 Å². The molecule has 0 saturated carbocycles. The number of hydrogen-bond donors (Lipinski definition) is 3. The molecule has 0 aliphatic carbocycles. The van der Waals surface area contributed by atoms with Gasteiger partial charge in [0.2, 0.25) is 0 Å². The fourth-order valence-electron chi connectivity index (χ4n) is 3.60. The molecule has 0 unspecified atom stereocenters. The smallest absolute Gasteiger partial charge is 0.344 e. The number of amides is 2. The van der Waals surface area contributed by atoms with Crippen LogP contribution in [-0.2, 0) is 10.2 Å². The number of amidine groups is 1. The van der Waals surface area contributed by atoms with Crippen LogP contribution < -0.4 is 20.5 Å². The molecule has 2 aliphatic rings. The minimum absolute atomic E-state index is 0.129. The number of carbonyl (C=O) groups is 1. The van der Waals surface area contributed by atoms with Crippen LogP contribution in [0.3, 0.4) is 0 Å². The quantitative estimate of drug-likeness (QED) is 0.677. The Balaban J connectivity index is 1.48. The van der Waals surface area contributed by atoms with Crippen LogP contribution in [0.2, 0.25) is 0 Å². The second-order valence-corrected chi connectivity index (χ2v) is 8.39. The molecule has 3 heterocycles. The number of piperidine rings is 1. The van der Waals surface area contributed by atoms with Crippen LogP contribution in [0.25, 0.3) is 0 Å². The lowest BCUT2D eigenvalue weighted by molar-refractivity contribution is 0.124. The van der Waals surface area contributed by atoms with Crippen molar-refractivity contribution in [3.63, 3.8) is 0 Å². The molecule has 11 heteroatoms. The Bertz CT molecular complexity index is 1070. The number of carbonyl (C=O) groups excluding carboxylic acids is 1. The Morgan fingerprint density at radius 1 is 1.27 bits per heavy atom. The average molecular weight is 430 g/mol. The Morgan fingerprint density at radius 3 is 2.87 bits per heavy atom. The monoisotopic (exact) mass is 430 g/mol. The van der Waals surface area contributed by atoms with Gasteiger partial charge in [0.15, 0.2) is 5.84 Å². The van der Waals surface area contributed by atoms with Gasteiger partial charge in [-0.25, -0.2) is 4.79 Å². The maximum Gasteiger partial charge on any atom is 0.344 e. The van der Waals surface area contributed by atoms with Crippen molar-refractivity contribution in [2.24, 2.45) is 10.1 Å². The highest BCUT2D eigenvalue weighted by atomic mass is 32.2. The Labute approximate surface area is 174 Å². The molecule has 0 radical (unpaired) electrons. The second kappa shape index (κ2) is 8.19. The van der Waals surface area contributed by atoms with E-state index in [4.69, 9.17) is 10.5 Å². The van der Waals surface area contributed by atoms with Gasteiger partial charge in [0.1, 0.15) is 12.4 Å². The summed E-state index contributed by atoms with van der Waals surface area (Å²) in [5.41, 5.74) is 7.25. The van der Waals surface area contributed by atoms with Gasteiger partial charge < -0.3 is 20.7 Å². The summed E-state index contributed by atoms with van der Waals surface area (Å²) in [6.07, 6.45) is 5.94. The van der Waals surface area contributed by atoms with Crippen molar-refractivity contribution in [3.8, 4) is 5.75 Å². The third kappa shape index (κ3) is 4.30. The fourth-order valence-corrected chi connectivity index (χ4v) is 4.44. The summed E-state index contributed by atoms with van der Waals surface area (Å²) in [5.74, 6) is 0.284. The van der Waals surface area contributed by atoms with E-state index in [1.807, 2.05) is 0 Å². The summed E-state index contributed by atoms with van der Waals surface area (Å²) in [6, 6.07) is 8.10. The number of aromatic nitrogens is 1. The molecular weight excluding hydrogens is 408 g/mol. The van der Waals surface area contributed by atoms with E-state index in [1.165, 1.54) is 0 Å². The highest BCUT2D eigenvalue weighted by molar-refractivity contribution is 7.91. The first kappa shape index (κ1) is 20.0. The number of fused-ring (bicyclic) bond motifs is 1. The number of nitrogens with one attached hydrogen (secondary N) is 2. The van der Waals surface area contributed by atoms with Gasteiger partial charge in [0.05, 0.1) is 17.3 Å². The fraction of sp³-hybridized carbons (Fsp3) is 0.316. The molecule has 4 N–H and O–H groups in total. The summed E-state index contributed by atoms with van der Waals surface area (Å²) in [6.45, 7) is 0.876. The van der Waals surface area contributed by atoms with Crippen LogP contribution in [0.4, 0.5) is 16.2 Å². The highest BCUT2D eigenvalue weighted by Crippen LogP contribution is 2.31. The molecule has 30 heavy (non-hydrogen) atoms. The van der Waals surface area contributed by atoms with E-state index in [9.17, 15) is 13.2 Å². The van der Waals surface area contributed by atoms with Crippen molar-refractivity contribution in [1.82, 2.24) is 9.88 Å². The van der Waals surface area contributed by atoms with E-state index in [2.05, 4.69) is 19.4 Å².